The molecule has 0 aromatic carbocycles. The average molecular weight is 369 g/mol. The van der Waals surface area contributed by atoms with Gasteiger partial charge in [-0.25, -0.2) is 0 Å². The minimum absolute atomic E-state index is 0.177. The van der Waals surface area contributed by atoms with Crippen LogP contribution in [0.15, 0.2) is 48.6 Å². The number of allylic oxidation sites excluding steroid dienone is 8. The van der Waals surface area contributed by atoms with Crippen molar-refractivity contribution in [3.05, 3.63) is 48.6 Å². The molecule has 1 nitrogen and oxygen atoms in total. The third-order valence-corrected chi connectivity index (χ3v) is 3.41. The van der Waals surface area contributed by atoms with Crippen molar-refractivity contribution in [2.24, 2.45) is 0 Å². The Bertz CT molecular complexity index is 489. The van der Waals surface area contributed by atoms with E-state index in [0.717, 1.165) is 64.2 Å². The van der Waals surface area contributed by atoms with Crippen molar-refractivity contribution >= 4 is 0 Å². The first kappa shape index (κ1) is 27.3. The number of aliphatic hydroxyl groups excluding tert-OH is 1. The highest BCUT2D eigenvalue weighted by Crippen LogP contribution is 1.98. The van der Waals surface area contributed by atoms with Crippen LogP contribution in [0.2, 0.25) is 0 Å². The summed E-state index contributed by atoms with van der Waals surface area (Å²) in [7, 11) is 0. The molecular weight excluding hydrogens is 328 g/mol. The highest BCUT2D eigenvalue weighted by Gasteiger charge is 1.80. The lowest BCUT2D eigenvalue weighted by Gasteiger charge is -1.88. The quantitative estimate of drug-likeness (QED) is 0.208. The molecule has 0 rings (SSSR count). The lowest BCUT2D eigenvalue weighted by Crippen LogP contribution is -1.76. The summed E-state index contributed by atoms with van der Waals surface area (Å²) in [6, 6.07) is 0. The minimum Gasteiger partial charge on any atom is -0.395 e. The summed E-state index contributed by atoms with van der Waals surface area (Å²) in [5, 5.41) is 8.49. The Morgan fingerprint density at radius 3 is 1.63 bits per heavy atom. The van der Waals surface area contributed by atoms with Gasteiger partial charge in [0.1, 0.15) is 0 Å². The van der Waals surface area contributed by atoms with Crippen LogP contribution in [-0.4, -0.2) is 11.7 Å². The molecule has 0 saturated heterocycles. The molecule has 150 valence electrons. The number of terminal acetylenes is 1. The highest BCUT2D eigenvalue weighted by molar-refractivity contribution is 4.99. The molecule has 0 fully saturated rings. The van der Waals surface area contributed by atoms with Gasteiger partial charge in [0.05, 0.1) is 6.61 Å². The van der Waals surface area contributed by atoms with E-state index in [1.807, 2.05) is 0 Å². The van der Waals surface area contributed by atoms with E-state index in [1.165, 1.54) is 0 Å². The van der Waals surface area contributed by atoms with E-state index in [0.29, 0.717) is 6.42 Å². The second-order valence-electron chi connectivity index (χ2n) is 5.99. The molecule has 0 saturated carbocycles. The van der Waals surface area contributed by atoms with Crippen molar-refractivity contribution in [3.8, 4) is 24.2 Å². The van der Waals surface area contributed by atoms with Crippen LogP contribution >= 0.6 is 0 Å². The number of aliphatic hydroxyl groups is 1. The average Bonchev–Trinajstić information content (AvgIpc) is 2.69. The summed E-state index contributed by atoms with van der Waals surface area (Å²) in [6.07, 6.45) is 34.0. The second kappa shape index (κ2) is 28.8. The molecular formula is C26H40O. The molecule has 0 aliphatic heterocycles. The van der Waals surface area contributed by atoms with Gasteiger partial charge in [-0.3, -0.25) is 0 Å². The fourth-order valence-corrected chi connectivity index (χ4v) is 1.97. The first-order valence-electron chi connectivity index (χ1n) is 10.4. The summed E-state index contributed by atoms with van der Waals surface area (Å²) in [5.41, 5.74) is 0. The van der Waals surface area contributed by atoms with Crippen molar-refractivity contribution in [2.45, 2.75) is 84.5 Å². The van der Waals surface area contributed by atoms with Crippen molar-refractivity contribution < 1.29 is 5.11 Å². The molecule has 0 spiro atoms. The van der Waals surface area contributed by atoms with Gasteiger partial charge in [-0.15, -0.1) is 24.2 Å². The number of hydrogen-bond acceptors (Lipinski definition) is 1. The van der Waals surface area contributed by atoms with E-state index < -0.39 is 0 Å². The summed E-state index contributed by atoms with van der Waals surface area (Å²) in [5.74, 6) is 8.59. The molecule has 0 aromatic heterocycles. The zero-order valence-electron chi connectivity index (χ0n) is 17.6. The predicted octanol–water partition coefficient (Wildman–Crippen LogP) is 7.16. The Morgan fingerprint density at radius 2 is 1.15 bits per heavy atom. The summed E-state index contributed by atoms with van der Waals surface area (Å²) in [6.45, 7) is 4.47. The third kappa shape index (κ3) is 32.2. The zero-order valence-corrected chi connectivity index (χ0v) is 17.6. The van der Waals surface area contributed by atoms with Crippen molar-refractivity contribution in [2.75, 3.05) is 6.61 Å². The molecule has 1 heteroatoms. The number of rotatable bonds is 13. The van der Waals surface area contributed by atoms with Crippen LogP contribution in [0.3, 0.4) is 0 Å². The molecule has 0 aliphatic rings. The van der Waals surface area contributed by atoms with Gasteiger partial charge in [0, 0.05) is 19.3 Å². The van der Waals surface area contributed by atoms with Crippen LogP contribution in [0.4, 0.5) is 0 Å². The fraction of sp³-hybridized carbons (Fsp3) is 0.538. The minimum atomic E-state index is 0.177. The number of hydrogen-bond donors (Lipinski definition) is 1. The van der Waals surface area contributed by atoms with Gasteiger partial charge >= 0.3 is 0 Å². The van der Waals surface area contributed by atoms with Gasteiger partial charge in [0.25, 0.3) is 0 Å². The third-order valence-electron chi connectivity index (χ3n) is 3.41. The molecule has 0 unspecified atom stereocenters. The van der Waals surface area contributed by atoms with E-state index >= 15 is 0 Å². The summed E-state index contributed by atoms with van der Waals surface area (Å²) in [4.78, 5) is 0. The molecule has 0 bridgehead atoms. The Kier molecular flexibility index (Phi) is 29.1. The summed E-state index contributed by atoms with van der Waals surface area (Å²) >= 11 is 0. The maximum Gasteiger partial charge on any atom is 0.0540 e. The predicted molar refractivity (Wildman–Crippen MR) is 122 cm³/mol. The van der Waals surface area contributed by atoms with E-state index in [1.54, 1.807) is 0 Å². The van der Waals surface area contributed by atoms with Gasteiger partial charge in [-0.1, -0.05) is 62.5 Å². The van der Waals surface area contributed by atoms with Crippen molar-refractivity contribution in [1.82, 2.24) is 0 Å². The maximum atomic E-state index is 8.49. The Labute approximate surface area is 169 Å². The molecule has 0 radical (unpaired) electrons. The lowest BCUT2D eigenvalue weighted by atomic mass is 10.2. The standard InChI is InChI=1S/C14H22O.C12H18/c1-2-3-4-5-6-7-8-9-10-11-12-13-14-15;1-3-5-7-9-11-12-10-8-6-4-2/h3-4,6-7,15H,2,5,8-10,13-14H2,1H3;1,6,8,11-12H,4-5,7,9-10H2,2H3/b4-3-,7-6-;8-6-,12-11-. The van der Waals surface area contributed by atoms with Gasteiger partial charge in [-0.05, 0) is 51.4 Å². The fourth-order valence-electron chi connectivity index (χ4n) is 1.97. The first-order chi connectivity index (χ1) is 13.3. The Morgan fingerprint density at radius 1 is 0.667 bits per heavy atom. The molecule has 0 aliphatic carbocycles. The lowest BCUT2D eigenvalue weighted by molar-refractivity contribution is 0.305. The van der Waals surface area contributed by atoms with Gasteiger partial charge in [0.15, 0.2) is 0 Å². The second-order valence-corrected chi connectivity index (χ2v) is 5.99. The van der Waals surface area contributed by atoms with Crippen molar-refractivity contribution in [1.29, 1.82) is 0 Å². The van der Waals surface area contributed by atoms with Crippen LogP contribution in [0, 0.1) is 24.2 Å². The molecule has 0 aromatic rings. The number of unbranched alkanes of at least 4 members (excludes halogenated alkanes) is 4. The Balaban J connectivity index is 0. The van der Waals surface area contributed by atoms with Crippen LogP contribution in [0.25, 0.3) is 0 Å². The van der Waals surface area contributed by atoms with Gasteiger partial charge in [-0.2, -0.15) is 0 Å². The van der Waals surface area contributed by atoms with E-state index in [9.17, 15) is 0 Å². The molecule has 0 amide bonds. The maximum absolute atomic E-state index is 8.49. The zero-order chi connectivity index (χ0) is 20.3. The molecule has 0 heterocycles. The van der Waals surface area contributed by atoms with Crippen LogP contribution in [0.5, 0.6) is 0 Å². The topological polar surface area (TPSA) is 20.2 Å². The summed E-state index contributed by atoms with van der Waals surface area (Å²) < 4.78 is 0. The first-order valence-corrected chi connectivity index (χ1v) is 10.4. The SMILES string of the molecule is C#CCCC/C=C\C/C=C\CC.CC/C=C\C/C=C\CCCC#CCCO. The van der Waals surface area contributed by atoms with Crippen LogP contribution < -0.4 is 0 Å². The largest absolute Gasteiger partial charge is 0.395 e. The van der Waals surface area contributed by atoms with Crippen LogP contribution in [-0.2, 0) is 0 Å². The van der Waals surface area contributed by atoms with E-state index in [4.69, 9.17) is 11.5 Å². The van der Waals surface area contributed by atoms with E-state index in [2.05, 4.69) is 80.2 Å². The monoisotopic (exact) mass is 368 g/mol. The van der Waals surface area contributed by atoms with E-state index in [-0.39, 0.29) is 6.61 Å². The highest BCUT2D eigenvalue weighted by atomic mass is 16.2. The van der Waals surface area contributed by atoms with Crippen LogP contribution in [0.1, 0.15) is 84.5 Å². The molecule has 0 atom stereocenters. The normalized spacial score (nSPS) is 10.9. The van der Waals surface area contributed by atoms with Gasteiger partial charge in [0.2, 0.25) is 0 Å². The van der Waals surface area contributed by atoms with Crippen molar-refractivity contribution in [3.63, 3.8) is 0 Å². The molecule has 1 N–H and O–H groups in total. The van der Waals surface area contributed by atoms with Gasteiger partial charge < -0.3 is 5.11 Å². The Hall–Kier alpha value is -1.96. The molecule has 27 heavy (non-hydrogen) atoms. The smallest absolute Gasteiger partial charge is 0.0540 e.